The molecule has 0 saturated carbocycles. The summed E-state index contributed by atoms with van der Waals surface area (Å²) in [5.74, 6) is 0.891. The lowest BCUT2D eigenvalue weighted by molar-refractivity contribution is 0.0552. The Morgan fingerprint density at radius 2 is 1.73 bits per heavy atom. The fourth-order valence-electron chi connectivity index (χ4n) is 3.82. The van der Waals surface area contributed by atoms with E-state index in [0.717, 1.165) is 17.4 Å². The Kier molecular flexibility index (Phi) is 6.48. The van der Waals surface area contributed by atoms with Crippen molar-refractivity contribution in [1.82, 2.24) is 19.9 Å². The van der Waals surface area contributed by atoms with Crippen LogP contribution in [0.1, 0.15) is 34.8 Å². The summed E-state index contributed by atoms with van der Waals surface area (Å²) in [5, 5.41) is 4.12. The van der Waals surface area contributed by atoms with Crippen molar-refractivity contribution >= 4 is 21.6 Å². The van der Waals surface area contributed by atoms with Crippen LogP contribution in [0.2, 0.25) is 0 Å². The van der Waals surface area contributed by atoms with E-state index < -0.39 is 10.0 Å². The highest BCUT2D eigenvalue weighted by Gasteiger charge is 2.29. The summed E-state index contributed by atoms with van der Waals surface area (Å²) >= 11 is 0. The van der Waals surface area contributed by atoms with E-state index in [0.29, 0.717) is 43.5 Å². The van der Waals surface area contributed by atoms with Crippen LogP contribution in [0.25, 0.3) is 11.4 Å². The maximum atomic E-state index is 13.1. The van der Waals surface area contributed by atoms with Crippen LogP contribution in [0.15, 0.2) is 53.1 Å². The number of aryl methyl sites for hydroxylation is 1. The van der Waals surface area contributed by atoms with Crippen molar-refractivity contribution in [3.05, 3.63) is 65.5 Å². The zero-order valence-corrected chi connectivity index (χ0v) is 19.7. The zero-order valence-electron chi connectivity index (χ0n) is 18.9. The number of nitrogens with zero attached hydrogens (tertiary/aromatic N) is 4. The van der Waals surface area contributed by atoms with Gasteiger partial charge in [0.15, 0.2) is 0 Å². The molecule has 1 amide bonds. The fraction of sp³-hybridized carbons (Fsp3) is 0.348. The van der Waals surface area contributed by atoms with Crippen molar-refractivity contribution in [2.45, 2.75) is 19.9 Å². The topological polar surface area (TPSA) is 109 Å². The van der Waals surface area contributed by atoms with E-state index in [1.807, 2.05) is 38.1 Å². The summed E-state index contributed by atoms with van der Waals surface area (Å²) in [4.78, 5) is 21.6. The average Bonchev–Trinajstić information content (AvgIpc) is 3.28. The first-order valence-electron chi connectivity index (χ1n) is 10.7. The molecule has 4 rings (SSSR count). The molecule has 0 aliphatic carbocycles. The number of carbonyl (C=O) groups excluding carboxylic acids is 1. The molecule has 10 heteroatoms. The zero-order chi connectivity index (χ0) is 23.6. The summed E-state index contributed by atoms with van der Waals surface area (Å²) in [6.45, 7) is 6.33. The second-order valence-electron chi connectivity index (χ2n) is 8.25. The molecular formula is C23H27N5O4S. The molecule has 0 spiro atoms. The number of aromatic nitrogens is 2. The third kappa shape index (κ3) is 5.40. The van der Waals surface area contributed by atoms with Crippen molar-refractivity contribution in [3.8, 4) is 11.4 Å². The minimum absolute atomic E-state index is 0.0897. The Balaban J connectivity index is 1.40. The SMILES string of the molecule is Cc1ccc(-c2noc(C(C)N3CCN(C(=O)c4ccccc4NS(C)(=O)=O)CC3)n2)cc1. The molecule has 1 fully saturated rings. The molecule has 1 N–H and O–H groups in total. The van der Waals surface area contributed by atoms with Crippen molar-refractivity contribution in [3.63, 3.8) is 0 Å². The standard InChI is InChI=1S/C23H27N5O4S/c1-16-8-10-18(11-9-16)21-24-22(32-25-21)17(2)27-12-14-28(15-13-27)23(29)19-6-4-5-7-20(19)26-33(3,30)31/h4-11,17,26H,12-15H2,1-3H3. The van der Waals surface area contributed by atoms with Gasteiger partial charge in [-0.2, -0.15) is 4.98 Å². The Bertz CT molecular complexity index is 1230. The molecule has 33 heavy (non-hydrogen) atoms. The summed E-state index contributed by atoms with van der Waals surface area (Å²) in [6, 6.07) is 14.5. The highest BCUT2D eigenvalue weighted by molar-refractivity contribution is 7.92. The normalized spacial score (nSPS) is 15.9. The number of para-hydroxylation sites is 1. The van der Waals surface area contributed by atoms with Gasteiger partial charge in [-0.1, -0.05) is 47.1 Å². The maximum absolute atomic E-state index is 13.1. The second kappa shape index (κ2) is 9.32. The largest absolute Gasteiger partial charge is 0.337 e. The highest BCUT2D eigenvalue weighted by Crippen LogP contribution is 2.25. The molecule has 3 aromatic rings. The molecule has 1 aromatic heterocycles. The van der Waals surface area contributed by atoms with Crippen LogP contribution in [0.3, 0.4) is 0 Å². The van der Waals surface area contributed by atoms with Crippen LogP contribution in [-0.4, -0.2) is 66.7 Å². The maximum Gasteiger partial charge on any atom is 0.256 e. The van der Waals surface area contributed by atoms with Gasteiger partial charge in [0.05, 0.1) is 23.5 Å². The van der Waals surface area contributed by atoms with Gasteiger partial charge >= 0.3 is 0 Å². The molecule has 2 aromatic carbocycles. The van der Waals surface area contributed by atoms with Crippen molar-refractivity contribution in [2.24, 2.45) is 0 Å². The second-order valence-corrected chi connectivity index (χ2v) is 9.99. The smallest absolute Gasteiger partial charge is 0.256 e. The van der Waals surface area contributed by atoms with Gasteiger partial charge < -0.3 is 9.42 Å². The molecule has 1 unspecified atom stereocenters. The van der Waals surface area contributed by atoms with Crippen molar-refractivity contribution in [2.75, 3.05) is 37.2 Å². The molecule has 174 valence electrons. The number of rotatable bonds is 6. The summed E-state index contributed by atoms with van der Waals surface area (Å²) in [6.07, 6.45) is 1.07. The predicted octanol–water partition coefficient (Wildman–Crippen LogP) is 2.94. The molecule has 1 aliphatic heterocycles. The van der Waals surface area contributed by atoms with Crippen LogP contribution < -0.4 is 4.72 Å². The van der Waals surface area contributed by atoms with Gasteiger partial charge in [0, 0.05) is 31.7 Å². The van der Waals surface area contributed by atoms with Gasteiger partial charge in [0.2, 0.25) is 21.7 Å². The molecule has 9 nitrogen and oxygen atoms in total. The number of nitrogens with one attached hydrogen (secondary N) is 1. The molecular weight excluding hydrogens is 442 g/mol. The van der Waals surface area contributed by atoms with Crippen LogP contribution in [-0.2, 0) is 10.0 Å². The Hall–Kier alpha value is -3.24. The van der Waals surface area contributed by atoms with Gasteiger partial charge in [-0.25, -0.2) is 8.42 Å². The van der Waals surface area contributed by atoms with Gasteiger partial charge in [-0.05, 0) is 26.0 Å². The lowest BCUT2D eigenvalue weighted by Gasteiger charge is -2.37. The third-order valence-electron chi connectivity index (χ3n) is 5.71. The van der Waals surface area contributed by atoms with E-state index in [-0.39, 0.29) is 17.6 Å². The predicted molar refractivity (Wildman–Crippen MR) is 125 cm³/mol. The molecule has 1 saturated heterocycles. The summed E-state index contributed by atoms with van der Waals surface area (Å²) in [7, 11) is -3.49. The van der Waals surface area contributed by atoms with Crippen LogP contribution >= 0.6 is 0 Å². The first-order valence-corrected chi connectivity index (χ1v) is 12.6. The van der Waals surface area contributed by atoms with E-state index >= 15 is 0 Å². The monoisotopic (exact) mass is 469 g/mol. The van der Waals surface area contributed by atoms with E-state index in [1.165, 1.54) is 0 Å². The lowest BCUT2D eigenvalue weighted by Crippen LogP contribution is -2.49. The van der Waals surface area contributed by atoms with Gasteiger partial charge in [0.1, 0.15) is 0 Å². The van der Waals surface area contributed by atoms with Gasteiger partial charge in [0.25, 0.3) is 5.91 Å². The van der Waals surface area contributed by atoms with Crippen molar-refractivity contribution in [1.29, 1.82) is 0 Å². The number of carbonyl (C=O) groups is 1. The molecule has 0 bridgehead atoms. The number of benzene rings is 2. The molecule has 2 heterocycles. The van der Waals surface area contributed by atoms with Gasteiger partial charge in [-0.15, -0.1) is 0 Å². The lowest BCUT2D eigenvalue weighted by atomic mass is 10.1. The van der Waals surface area contributed by atoms with E-state index in [1.54, 1.807) is 29.2 Å². The number of piperazine rings is 1. The number of hydrogen-bond donors (Lipinski definition) is 1. The Morgan fingerprint density at radius 3 is 2.39 bits per heavy atom. The van der Waals surface area contributed by atoms with Crippen LogP contribution in [0.4, 0.5) is 5.69 Å². The number of hydrogen-bond acceptors (Lipinski definition) is 7. The summed E-state index contributed by atoms with van der Waals surface area (Å²) in [5.41, 5.74) is 2.69. The van der Waals surface area contributed by atoms with E-state index in [2.05, 4.69) is 19.8 Å². The molecule has 0 radical (unpaired) electrons. The summed E-state index contributed by atoms with van der Waals surface area (Å²) < 4.78 is 31.2. The third-order valence-corrected chi connectivity index (χ3v) is 6.30. The van der Waals surface area contributed by atoms with Gasteiger partial charge in [-0.3, -0.25) is 14.4 Å². The number of sulfonamides is 1. The first-order chi connectivity index (χ1) is 15.7. The number of amides is 1. The van der Waals surface area contributed by atoms with E-state index in [4.69, 9.17) is 4.52 Å². The Morgan fingerprint density at radius 1 is 1.06 bits per heavy atom. The van der Waals surface area contributed by atoms with Crippen molar-refractivity contribution < 1.29 is 17.7 Å². The molecule has 1 atom stereocenters. The van der Waals surface area contributed by atoms with E-state index in [9.17, 15) is 13.2 Å². The average molecular weight is 470 g/mol. The Labute approximate surface area is 193 Å². The first kappa shape index (κ1) is 22.9. The quantitative estimate of drug-likeness (QED) is 0.591. The fourth-order valence-corrected chi connectivity index (χ4v) is 4.40. The molecule has 1 aliphatic rings. The minimum atomic E-state index is -3.49. The minimum Gasteiger partial charge on any atom is -0.337 e. The van der Waals surface area contributed by atoms with Crippen LogP contribution in [0, 0.1) is 6.92 Å². The number of anilines is 1. The van der Waals surface area contributed by atoms with Crippen LogP contribution in [0.5, 0.6) is 0 Å². The highest BCUT2D eigenvalue weighted by atomic mass is 32.2.